The van der Waals surface area contributed by atoms with E-state index >= 15 is 0 Å². The maximum atomic E-state index is 13.9. The van der Waals surface area contributed by atoms with Gasteiger partial charge in [0.1, 0.15) is 36.6 Å². The van der Waals surface area contributed by atoms with Crippen molar-refractivity contribution in [3.8, 4) is 0 Å². The first-order chi connectivity index (χ1) is 9.11. The molecule has 10 heteroatoms. The highest BCUT2D eigenvalue weighted by molar-refractivity contribution is 5.73. The van der Waals surface area contributed by atoms with Crippen LogP contribution in [-0.2, 0) is 9.53 Å². The number of aliphatic hydroxyl groups excluding tert-OH is 4. The van der Waals surface area contributed by atoms with Crippen molar-refractivity contribution in [1.29, 1.82) is 0 Å². The van der Waals surface area contributed by atoms with Gasteiger partial charge in [0.15, 0.2) is 0 Å². The maximum Gasteiger partial charge on any atom is 0.320 e. The van der Waals surface area contributed by atoms with E-state index in [0.717, 1.165) is 0 Å². The van der Waals surface area contributed by atoms with Crippen molar-refractivity contribution < 1.29 is 43.8 Å². The summed E-state index contributed by atoms with van der Waals surface area (Å²) in [6.07, 6.45) is -11.0. The standard InChI is InChI=1S/C10H17F2NO7/c11-10(12,1-3(13)9(18)19)8-7(17)6(16)5(15)4(2-14)20-8/h3-8,14-17H,1-2,13H2,(H,18,19)/t3?,4-,5+,6+,7-,8+/m1/s1. The third-order valence-electron chi connectivity index (χ3n) is 3.12. The van der Waals surface area contributed by atoms with Crippen molar-refractivity contribution in [2.24, 2.45) is 5.73 Å². The van der Waals surface area contributed by atoms with Gasteiger partial charge in [0.2, 0.25) is 0 Å². The summed E-state index contributed by atoms with van der Waals surface area (Å²) in [5.74, 6) is -5.53. The van der Waals surface area contributed by atoms with Crippen LogP contribution in [0.25, 0.3) is 0 Å². The van der Waals surface area contributed by atoms with Crippen LogP contribution in [0.15, 0.2) is 0 Å². The van der Waals surface area contributed by atoms with Crippen LogP contribution in [0, 0.1) is 0 Å². The number of carboxylic acid groups (broad SMARTS) is 1. The second-order valence-electron chi connectivity index (χ2n) is 4.66. The molecule has 0 spiro atoms. The number of aliphatic hydroxyl groups is 4. The molecule has 0 aromatic carbocycles. The van der Waals surface area contributed by atoms with Gasteiger partial charge < -0.3 is 36.0 Å². The molecule has 7 N–H and O–H groups in total. The Bertz CT molecular complexity index is 354. The predicted molar refractivity (Wildman–Crippen MR) is 58.9 cm³/mol. The minimum Gasteiger partial charge on any atom is -0.480 e. The van der Waals surface area contributed by atoms with Gasteiger partial charge in [-0.1, -0.05) is 0 Å². The van der Waals surface area contributed by atoms with Gasteiger partial charge in [-0.05, 0) is 0 Å². The van der Waals surface area contributed by atoms with Crippen molar-refractivity contribution in [1.82, 2.24) is 0 Å². The first-order valence-electron chi connectivity index (χ1n) is 5.78. The fraction of sp³-hybridized carbons (Fsp3) is 0.900. The average Bonchev–Trinajstić information content (AvgIpc) is 2.35. The van der Waals surface area contributed by atoms with E-state index < -0.39 is 61.5 Å². The predicted octanol–water partition coefficient (Wildman–Crippen LogP) is -2.73. The molecular formula is C10H17F2NO7. The van der Waals surface area contributed by atoms with Gasteiger partial charge in [0, 0.05) is 6.42 Å². The number of carbonyl (C=O) groups is 1. The molecule has 1 aliphatic rings. The van der Waals surface area contributed by atoms with E-state index in [4.69, 9.17) is 15.9 Å². The zero-order chi connectivity index (χ0) is 15.7. The highest BCUT2D eigenvalue weighted by Crippen LogP contribution is 2.34. The maximum absolute atomic E-state index is 13.9. The number of hydrogen-bond donors (Lipinski definition) is 6. The van der Waals surface area contributed by atoms with Crippen LogP contribution >= 0.6 is 0 Å². The lowest BCUT2D eigenvalue weighted by Gasteiger charge is -2.43. The highest BCUT2D eigenvalue weighted by Gasteiger charge is 2.55. The number of alkyl halides is 2. The summed E-state index contributed by atoms with van der Waals surface area (Å²) in [6, 6.07) is -1.89. The Hall–Kier alpha value is -0.910. The summed E-state index contributed by atoms with van der Waals surface area (Å²) in [5.41, 5.74) is 5.01. The summed E-state index contributed by atoms with van der Waals surface area (Å²) >= 11 is 0. The SMILES string of the molecule is NC(CC(F)(F)[C@H]1O[C@H](CO)[C@H](O)[C@H](O)[C@H]1O)C(=O)O. The summed E-state index contributed by atoms with van der Waals surface area (Å²) in [6.45, 7) is -0.859. The second kappa shape index (κ2) is 6.24. The van der Waals surface area contributed by atoms with Gasteiger partial charge >= 0.3 is 5.97 Å². The zero-order valence-corrected chi connectivity index (χ0v) is 10.3. The van der Waals surface area contributed by atoms with Gasteiger partial charge in [-0.2, -0.15) is 0 Å². The highest BCUT2D eigenvalue weighted by atomic mass is 19.3. The van der Waals surface area contributed by atoms with E-state index in [2.05, 4.69) is 4.74 Å². The Morgan fingerprint density at radius 2 is 1.80 bits per heavy atom. The van der Waals surface area contributed by atoms with Gasteiger partial charge in [0.25, 0.3) is 5.92 Å². The third kappa shape index (κ3) is 3.40. The van der Waals surface area contributed by atoms with Crippen molar-refractivity contribution in [3.05, 3.63) is 0 Å². The van der Waals surface area contributed by atoms with E-state index in [9.17, 15) is 28.9 Å². The minimum absolute atomic E-state index is 0.859. The normalized spacial score (nSPS) is 36.6. The Morgan fingerprint density at radius 1 is 1.25 bits per heavy atom. The Balaban J connectivity index is 2.89. The summed E-state index contributed by atoms with van der Waals surface area (Å²) in [5, 5.41) is 45.8. The monoisotopic (exact) mass is 301 g/mol. The molecule has 118 valence electrons. The third-order valence-corrected chi connectivity index (χ3v) is 3.12. The molecule has 8 nitrogen and oxygen atoms in total. The van der Waals surface area contributed by atoms with Crippen molar-refractivity contribution in [2.45, 2.75) is 48.9 Å². The van der Waals surface area contributed by atoms with Crippen LogP contribution in [0.5, 0.6) is 0 Å². The molecule has 0 bridgehead atoms. The van der Waals surface area contributed by atoms with Crippen molar-refractivity contribution in [3.63, 3.8) is 0 Å². The molecular weight excluding hydrogens is 284 g/mol. The molecule has 0 radical (unpaired) electrons. The first-order valence-corrected chi connectivity index (χ1v) is 5.78. The molecule has 0 amide bonds. The number of rotatable bonds is 5. The van der Waals surface area contributed by atoms with Crippen LogP contribution in [0.2, 0.25) is 0 Å². The number of ether oxygens (including phenoxy) is 1. The molecule has 1 fully saturated rings. The van der Waals surface area contributed by atoms with E-state index in [0.29, 0.717) is 0 Å². The Morgan fingerprint density at radius 3 is 2.25 bits per heavy atom. The average molecular weight is 301 g/mol. The molecule has 1 heterocycles. The summed E-state index contributed by atoms with van der Waals surface area (Å²) < 4.78 is 32.4. The second-order valence-corrected chi connectivity index (χ2v) is 4.66. The number of aliphatic carboxylic acids is 1. The number of carboxylic acids is 1. The number of hydrogen-bond acceptors (Lipinski definition) is 7. The van der Waals surface area contributed by atoms with Gasteiger partial charge in [0.05, 0.1) is 6.61 Å². The van der Waals surface area contributed by atoms with Crippen LogP contribution in [0.1, 0.15) is 6.42 Å². The largest absolute Gasteiger partial charge is 0.480 e. The van der Waals surface area contributed by atoms with Gasteiger partial charge in [-0.15, -0.1) is 0 Å². The van der Waals surface area contributed by atoms with E-state index in [-0.39, 0.29) is 0 Å². The van der Waals surface area contributed by atoms with E-state index in [1.165, 1.54) is 0 Å². The Kier molecular flexibility index (Phi) is 5.35. The van der Waals surface area contributed by atoms with Crippen LogP contribution < -0.4 is 5.73 Å². The van der Waals surface area contributed by atoms with Gasteiger partial charge in [-0.25, -0.2) is 8.78 Å². The van der Waals surface area contributed by atoms with Gasteiger partial charge in [-0.3, -0.25) is 4.79 Å². The van der Waals surface area contributed by atoms with Crippen molar-refractivity contribution >= 4 is 5.97 Å². The molecule has 1 unspecified atom stereocenters. The number of nitrogens with two attached hydrogens (primary N) is 1. The number of halogens is 2. The smallest absolute Gasteiger partial charge is 0.320 e. The van der Waals surface area contributed by atoms with Crippen molar-refractivity contribution in [2.75, 3.05) is 6.61 Å². The lowest BCUT2D eigenvalue weighted by molar-refractivity contribution is -0.282. The molecule has 20 heavy (non-hydrogen) atoms. The van der Waals surface area contributed by atoms with Crippen LogP contribution in [0.4, 0.5) is 8.78 Å². The van der Waals surface area contributed by atoms with E-state index in [1.54, 1.807) is 0 Å². The molecule has 1 saturated heterocycles. The summed E-state index contributed by atoms with van der Waals surface area (Å²) in [4.78, 5) is 10.5. The fourth-order valence-electron chi connectivity index (χ4n) is 1.95. The topological polar surface area (TPSA) is 153 Å². The van der Waals surface area contributed by atoms with Crippen LogP contribution in [-0.4, -0.2) is 80.6 Å². The van der Waals surface area contributed by atoms with E-state index in [1.807, 2.05) is 0 Å². The molecule has 1 rings (SSSR count). The lowest BCUT2D eigenvalue weighted by atomic mass is 9.89. The summed E-state index contributed by atoms with van der Waals surface area (Å²) in [7, 11) is 0. The Labute approximate surface area is 112 Å². The fourth-order valence-corrected chi connectivity index (χ4v) is 1.95. The molecule has 0 aliphatic carbocycles. The molecule has 1 aliphatic heterocycles. The molecule has 0 aromatic rings. The van der Waals surface area contributed by atoms with Crippen LogP contribution in [0.3, 0.4) is 0 Å². The quantitative estimate of drug-likeness (QED) is 0.320. The first kappa shape index (κ1) is 17.1. The molecule has 0 aromatic heterocycles. The molecule has 6 atom stereocenters. The molecule has 0 saturated carbocycles. The zero-order valence-electron chi connectivity index (χ0n) is 10.3. The lowest BCUT2D eigenvalue weighted by Crippen LogP contribution is -2.63. The minimum atomic E-state index is -3.87.